The molecule has 2 aromatic carbocycles. The lowest BCUT2D eigenvalue weighted by atomic mass is 9.85. The highest BCUT2D eigenvalue weighted by Gasteiger charge is 2.29. The minimum absolute atomic E-state index is 0.0966. The standard InChI is InChI=1S/C27H31ClO4/c28-25-9-8-21(26-17-23(30)16-24(18-29)32-26)15-22(25)14-20-6-4-19(5-7-20)10-13-27(31)11-2-1-3-12-27/h4-9,15,23-24,26,29-31H,1-3,11-12,14,16-18H2/t23-,24-,26+/m0/s1. The van der Waals surface area contributed by atoms with Crippen LogP contribution in [0.4, 0.5) is 0 Å². The van der Waals surface area contributed by atoms with Gasteiger partial charge in [0.25, 0.3) is 0 Å². The molecule has 1 saturated heterocycles. The first-order valence-corrected chi connectivity index (χ1v) is 11.9. The van der Waals surface area contributed by atoms with Gasteiger partial charge in [0, 0.05) is 23.4 Å². The molecule has 2 aliphatic rings. The summed E-state index contributed by atoms with van der Waals surface area (Å²) in [7, 11) is 0. The molecule has 5 heteroatoms. The van der Waals surface area contributed by atoms with Crippen LogP contribution in [0.5, 0.6) is 0 Å². The van der Waals surface area contributed by atoms with E-state index in [1.807, 2.05) is 42.5 Å². The molecule has 0 amide bonds. The van der Waals surface area contributed by atoms with Gasteiger partial charge in [0.1, 0.15) is 5.60 Å². The van der Waals surface area contributed by atoms with Gasteiger partial charge in [0.2, 0.25) is 0 Å². The van der Waals surface area contributed by atoms with E-state index in [9.17, 15) is 15.3 Å². The van der Waals surface area contributed by atoms with E-state index in [-0.39, 0.29) is 18.8 Å². The summed E-state index contributed by atoms with van der Waals surface area (Å²) in [5, 5.41) is 30.8. The van der Waals surface area contributed by atoms with Crippen LogP contribution in [0.25, 0.3) is 0 Å². The van der Waals surface area contributed by atoms with Crippen LogP contribution in [0.2, 0.25) is 5.02 Å². The van der Waals surface area contributed by atoms with Crippen molar-refractivity contribution in [1.82, 2.24) is 0 Å². The average molecular weight is 455 g/mol. The number of ether oxygens (including phenoxy) is 1. The van der Waals surface area contributed by atoms with Crippen molar-refractivity contribution in [2.24, 2.45) is 0 Å². The molecule has 0 spiro atoms. The van der Waals surface area contributed by atoms with Crippen LogP contribution >= 0.6 is 11.6 Å². The average Bonchev–Trinajstić information content (AvgIpc) is 2.80. The van der Waals surface area contributed by atoms with Crippen LogP contribution in [-0.2, 0) is 11.2 Å². The minimum Gasteiger partial charge on any atom is -0.394 e. The van der Waals surface area contributed by atoms with Gasteiger partial charge in [0.05, 0.1) is 24.9 Å². The Morgan fingerprint density at radius 1 is 1.03 bits per heavy atom. The Bertz CT molecular complexity index is 969. The van der Waals surface area contributed by atoms with Gasteiger partial charge < -0.3 is 20.1 Å². The number of halogens is 1. The molecule has 0 unspecified atom stereocenters. The van der Waals surface area contributed by atoms with Crippen LogP contribution < -0.4 is 0 Å². The number of aliphatic hydroxyl groups excluding tert-OH is 2. The Morgan fingerprint density at radius 2 is 1.78 bits per heavy atom. The molecule has 2 aromatic rings. The van der Waals surface area contributed by atoms with Crippen LogP contribution in [0.15, 0.2) is 42.5 Å². The highest BCUT2D eigenvalue weighted by atomic mass is 35.5. The molecular formula is C27H31ClO4. The number of hydrogen-bond acceptors (Lipinski definition) is 4. The Morgan fingerprint density at radius 3 is 2.50 bits per heavy atom. The molecule has 1 aliphatic heterocycles. The third-order valence-corrected chi connectivity index (χ3v) is 6.86. The topological polar surface area (TPSA) is 69.9 Å². The van der Waals surface area contributed by atoms with E-state index in [1.165, 1.54) is 6.42 Å². The Balaban J connectivity index is 1.45. The molecule has 3 atom stereocenters. The second kappa shape index (κ2) is 10.4. The maximum atomic E-state index is 10.6. The molecule has 0 aromatic heterocycles. The highest BCUT2D eigenvalue weighted by molar-refractivity contribution is 6.31. The fraction of sp³-hybridized carbons (Fsp3) is 0.481. The molecule has 1 heterocycles. The fourth-order valence-electron chi connectivity index (χ4n) is 4.63. The number of hydrogen-bond donors (Lipinski definition) is 3. The highest BCUT2D eigenvalue weighted by Crippen LogP contribution is 2.34. The molecule has 32 heavy (non-hydrogen) atoms. The van der Waals surface area contributed by atoms with Gasteiger partial charge in [-0.15, -0.1) is 0 Å². The Hall–Kier alpha value is -1.87. The molecule has 1 saturated carbocycles. The van der Waals surface area contributed by atoms with Crippen molar-refractivity contribution in [3.63, 3.8) is 0 Å². The number of benzene rings is 2. The summed E-state index contributed by atoms with van der Waals surface area (Å²) in [5.41, 5.74) is 3.12. The van der Waals surface area contributed by atoms with Crippen LogP contribution in [-0.4, -0.2) is 39.7 Å². The van der Waals surface area contributed by atoms with Crippen molar-refractivity contribution in [3.8, 4) is 11.8 Å². The van der Waals surface area contributed by atoms with Crippen molar-refractivity contribution >= 4 is 11.6 Å². The predicted octanol–water partition coefficient (Wildman–Crippen LogP) is 4.55. The maximum absolute atomic E-state index is 10.6. The first-order valence-electron chi connectivity index (χ1n) is 11.5. The van der Waals surface area contributed by atoms with Crippen molar-refractivity contribution in [2.45, 2.75) is 75.3 Å². The fourth-order valence-corrected chi connectivity index (χ4v) is 4.81. The largest absolute Gasteiger partial charge is 0.394 e. The summed E-state index contributed by atoms with van der Waals surface area (Å²) in [5.74, 6) is 6.22. The summed E-state index contributed by atoms with van der Waals surface area (Å²) in [6.07, 6.45) is 5.33. The Labute approximate surface area is 195 Å². The quantitative estimate of drug-likeness (QED) is 0.593. The minimum atomic E-state index is -0.839. The normalized spacial score (nSPS) is 25.1. The van der Waals surface area contributed by atoms with Gasteiger partial charge in [-0.05, 0) is 67.0 Å². The monoisotopic (exact) mass is 454 g/mol. The molecule has 4 nitrogen and oxygen atoms in total. The van der Waals surface area contributed by atoms with Gasteiger partial charge >= 0.3 is 0 Å². The lowest BCUT2D eigenvalue weighted by Crippen LogP contribution is -2.33. The first kappa shape index (κ1) is 23.3. The number of rotatable bonds is 4. The summed E-state index contributed by atoms with van der Waals surface area (Å²) in [6, 6.07) is 13.9. The summed E-state index contributed by atoms with van der Waals surface area (Å²) < 4.78 is 5.95. The van der Waals surface area contributed by atoms with E-state index in [0.29, 0.717) is 24.3 Å². The molecular weight excluding hydrogens is 424 g/mol. The maximum Gasteiger partial charge on any atom is 0.125 e. The zero-order valence-electron chi connectivity index (χ0n) is 18.3. The number of aliphatic hydroxyl groups is 3. The summed E-state index contributed by atoms with van der Waals surface area (Å²) in [4.78, 5) is 0. The molecule has 0 bridgehead atoms. The second-order valence-corrected chi connectivity index (χ2v) is 9.53. The van der Waals surface area contributed by atoms with Gasteiger partial charge in [-0.25, -0.2) is 0 Å². The summed E-state index contributed by atoms with van der Waals surface area (Å²) >= 11 is 6.47. The second-order valence-electron chi connectivity index (χ2n) is 9.12. The van der Waals surface area contributed by atoms with Crippen molar-refractivity contribution < 1.29 is 20.1 Å². The molecule has 2 fully saturated rings. The zero-order chi connectivity index (χ0) is 22.6. The first-order chi connectivity index (χ1) is 15.4. The van der Waals surface area contributed by atoms with Crippen molar-refractivity contribution in [1.29, 1.82) is 0 Å². The summed E-state index contributed by atoms with van der Waals surface area (Å²) in [6.45, 7) is -0.0966. The third kappa shape index (κ3) is 5.92. The van der Waals surface area contributed by atoms with Crippen LogP contribution in [0, 0.1) is 11.8 Å². The van der Waals surface area contributed by atoms with E-state index in [1.54, 1.807) is 0 Å². The van der Waals surface area contributed by atoms with E-state index < -0.39 is 11.7 Å². The smallest absolute Gasteiger partial charge is 0.125 e. The molecule has 4 rings (SSSR count). The molecule has 170 valence electrons. The third-order valence-electron chi connectivity index (χ3n) is 6.49. The van der Waals surface area contributed by atoms with E-state index >= 15 is 0 Å². The lowest BCUT2D eigenvalue weighted by molar-refractivity contribution is -0.113. The molecule has 3 N–H and O–H groups in total. The molecule has 0 radical (unpaired) electrons. The van der Waals surface area contributed by atoms with Gasteiger partial charge in [0.15, 0.2) is 0 Å². The van der Waals surface area contributed by atoms with E-state index in [0.717, 1.165) is 47.9 Å². The predicted molar refractivity (Wildman–Crippen MR) is 126 cm³/mol. The molecule has 1 aliphatic carbocycles. The SMILES string of the molecule is OC[C@@H]1C[C@H](O)C[C@H](c2ccc(Cl)c(Cc3ccc(C#CC4(O)CCCCC4)cc3)c2)O1. The zero-order valence-corrected chi connectivity index (χ0v) is 19.0. The van der Waals surface area contributed by atoms with Crippen LogP contribution in [0.1, 0.15) is 73.3 Å². The Kier molecular flexibility index (Phi) is 7.55. The van der Waals surface area contributed by atoms with Crippen molar-refractivity contribution in [2.75, 3.05) is 6.61 Å². The van der Waals surface area contributed by atoms with E-state index in [4.69, 9.17) is 16.3 Å². The van der Waals surface area contributed by atoms with E-state index in [2.05, 4.69) is 11.8 Å². The van der Waals surface area contributed by atoms with Gasteiger partial charge in [-0.2, -0.15) is 0 Å². The van der Waals surface area contributed by atoms with Gasteiger partial charge in [-0.1, -0.05) is 54.1 Å². The van der Waals surface area contributed by atoms with Gasteiger partial charge in [-0.3, -0.25) is 0 Å². The van der Waals surface area contributed by atoms with Crippen molar-refractivity contribution in [3.05, 3.63) is 69.7 Å². The lowest BCUT2D eigenvalue weighted by Gasteiger charge is -2.32. The van der Waals surface area contributed by atoms with Crippen LogP contribution in [0.3, 0.4) is 0 Å².